The number of pyridine rings is 1. The maximum absolute atomic E-state index is 13.6. The molecule has 0 aliphatic carbocycles. The highest BCUT2D eigenvalue weighted by Gasteiger charge is 2.38. The molecule has 0 bridgehead atoms. The summed E-state index contributed by atoms with van der Waals surface area (Å²) in [6, 6.07) is 13.4. The van der Waals surface area contributed by atoms with Gasteiger partial charge in [-0.3, -0.25) is 9.78 Å². The Bertz CT molecular complexity index is 1120. The number of nitrogens with one attached hydrogen (secondary N) is 1. The van der Waals surface area contributed by atoms with Gasteiger partial charge in [0.15, 0.2) is 12.0 Å². The molecule has 1 unspecified atom stereocenters. The fraction of sp³-hybridized carbons (Fsp3) is 0.190. The third-order valence-electron chi connectivity index (χ3n) is 4.56. The van der Waals surface area contributed by atoms with Crippen LogP contribution in [-0.2, 0) is 17.4 Å². The van der Waals surface area contributed by atoms with Crippen molar-refractivity contribution >= 4 is 5.91 Å². The number of azo groups is 1. The molecule has 1 atom stereocenters. The zero-order chi connectivity index (χ0) is 21.8. The molecule has 0 fully saturated rings. The minimum atomic E-state index is -4.61. The molecule has 0 saturated heterocycles. The molecule has 1 aliphatic heterocycles. The van der Waals surface area contributed by atoms with Crippen molar-refractivity contribution in [3.63, 3.8) is 0 Å². The van der Waals surface area contributed by atoms with Gasteiger partial charge in [-0.1, -0.05) is 30.3 Å². The van der Waals surface area contributed by atoms with Gasteiger partial charge in [0.05, 0.1) is 12.1 Å². The number of rotatable bonds is 5. The third kappa shape index (κ3) is 4.85. The number of benzene rings is 1. The van der Waals surface area contributed by atoms with Gasteiger partial charge in [-0.15, -0.1) is 5.11 Å². The van der Waals surface area contributed by atoms with Crippen molar-refractivity contribution in [2.45, 2.75) is 25.2 Å². The molecule has 1 N–H and O–H groups in total. The summed E-state index contributed by atoms with van der Waals surface area (Å²) >= 11 is 0. The van der Waals surface area contributed by atoms with E-state index in [0.717, 1.165) is 16.3 Å². The van der Waals surface area contributed by atoms with Gasteiger partial charge in [-0.05, 0) is 29.8 Å². The van der Waals surface area contributed by atoms with Crippen LogP contribution < -0.4 is 5.32 Å². The molecule has 2 aromatic heterocycles. The van der Waals surface area contributed by atoms with Crippen molar-refractivity contribution in [3.05, 3.63) is 84.1 Å². The molecule has 1 amide bonds. The van der Waals surface area contributed by atoms with Gasteiger partial charge in [0.2, 0.25) is 5.91 Å². The number of amides is 1. The van der Waals surface area contributed by atoms with Gasteiger partial charge >= 0.3 is 6.18 Å². The van der Waals surface area contributed by atoms with Crippen molar-refractivity contribution in [1.82, 2.24) is 20.1 Å². The molecule has 31 heavy (non-hydrogen) atoms. The van der Waals surface area contributed by atoms with Crippen LogP contribution in [0.1, 0.15) is 23.8 Å². The summed E-state index contributed by atoms with van der Waals surface area (Å²) in [7, 11) is 0. The topological polar surface area (TPSA) is 84.5 Å². The minimum Gasteiger partial charge on any atom is -0.309 e. The number of nitrogens with zero attached hydrogens (tertiary/aromatic N) is 5. The van der Waals surface area contributed by atoms with Crippen molar-refractivity contribution in [1.29, 1.82) is 0 Å². The Morgan fingerprint density at radius 1 is 1.16 bits per heavy atom. The molecule has 0 saturated carbocycles. The fourth-order valence-corrected chi connectivity index (χ4v) is 3.12. The van der Waals surface area contributed by atoms with Crippen molar-refractivity contribution in [3.8, 4) is 11.3 Å². The summed E-state index contributed by atoms with van der Waals surface area (Å²) in [5, 5.41) is 14.6. The maximum atomic E-state index is 13.6. The van der Waals surface area contributed by atoms with E-state index in [4.69, 9.17) is 0 Å². The number of carbonyl (C=O) groups excluding carboxylic acids is 1. The molecule has 10 heteroatoms. The number of aromatic nitrogens is 3. The minimum absolute atomic E-state index is 0.0989. The van der Waals surface area contributed by atoms with Gasteiger partial charge in [0.1, 0.15) is 5.69 Å². The summed E-state index contributed by atoms with van der Waals surface area (Å²) in [5.74, 6) is -0.0887. The summed E-state index contributed by atoms with van der Waals surface area (Å²) in [6.07, 6.45) is -0.834. The summed E-state index contributed by atoms with van der Waals surface area (Å²) in [6.45, 7) is 0. The van der Waals surface area contributed by atoms with E-state index in [-0.39, 0.29) is 30.3 Å². The Morgan fingerprint density at radius 2 is 1.97 bits per heavy atom. The number of carbonyl (C=O) groups is 1. The van der Waals surface area contributed by atoms with E-state index < -0.39 is 18.0 Å². The summed E-state index contributed by atoms with van der Waals surface area (Å²) in [5.41, 5.74) is 0.506. The van der Waals surface area contributed by atoms with Gasteiger partial charge in [-0.25, -0.2) is 4.68 Å². The van der Waals surface area contributed by atoms with E-state index >= 15 is 0 Å². The molecular formula is C21H17F3N6O. The highest BCUT2D eigenvalue weighted by Crippen LogP contribution is 2.35. The SMILES string of the molecule is O=C(Cc1ccccc1)NC1=CCC(n2nc(-c3cccnc3)cc2C(F)(F)F)N=N1. The Labute approximate surface area is 175 Å². The number of hydrogen-bond donors (Lipinski definition) is 1. The largest absolute Gasteiger partial charge is 0.433 e. The average molecular weight is 426 g/mol. The number of alkyl halides is 3. The van der Waals surface area contributed by atoms with Crippen molar-refractivity contribution in [2.75, 3.05) is 0 Å². The predicted octanol–water partition coefficient (Wildman–Crippen LogP) is 4.52. The maximum Gasteiger partial charge on any atom is 0.433 e. The second-order valence-electron chi connectivity index (χ2n) is 6.83. The predicted molar refractivity (Wildman–Crippen MR) is 105 cm³/mol. The lowest BCUT2D eigenvalue weighted by atomic mass is 10.1. The Balaban J connectivity index is 1.49. The van der Waals surface area contributed by atoms with Crippen LogP contribution in [0.5, 0.6) is 0 Å². The van der Waals surface area contributed by atoms with E-state index in [2.05, 4.69) is 25.6 Å². The van der Waals surface area contributed by atoms with E-state index in [1.807, 2.05) is 30.3 Å². The smallest absolute Gasteiger partial charge is 0.309 e. The van der Waals surface area contributed by atoms with Crippen molar-refractivity contribution < 1.29 is 18.0 Å². The molecule has 1 aromatic carbocycles. The highest BCUT2D eigenvalue weighted by atomic mass is 19.4. The van der Waals surface area contributed by atoms with Gasteiger partial charge in [0.25, 0.3) is 0 Å². The zero-order valence-corrected chi connectivity index (χ0v) is 16.1. The molecule has 0 spiro atoms. The first-order chi connectivity index (χ1) is 14.9. The second-order valence-corrected chi connectivity index (χ2v) is 6.83. The summed E-state index contributed by atoms with van der Waals surface area (Å²) < 4.78 is 41.5. The monoisotopic (exact) mass is 426 g/mol. The van der Waals surface area contributed by atoms with Crippen LogP contribution in [0.4, 0.5) is 13.2 Å². The van der Waals surface area contributed by atoms with Crippen LogP contribution >= 0.6 is 0 Å². The first-order valence-electron chi connectivity index (χ1n) is 9.42. The quantitative estimate of drug-likeness (QED) is 0.651. The fourth-order valence-electron chi connectivity index (χ4n) is 3.12. The molecule has 0 radical (unpaired) electrons. The van der Waals surface area contributed by atoms with Crippen LogP contribution in [0.2, 0.25) is 0 Å². The Morgan fingerprint density at radius 3 is 2.61 bits per heavy atom. The van der Waals surface area contributed by atoms with E-state index in [0.29, 0.717) is 5.56 Å². The van der Waals surface area contributed by atoms with E-state index in [1.54, 1.807) is 12.1 Å². The lowest BCUT2D eigenvalue weighted by Crippen LogP contribution is -2.25. The first-order valence-corrected chi connectivity index (χ1v) is 9.42. The highest BCUT2D eigenvalue weighted by molar-refractivity contribution is 5.80. The van der Waals surface area contributed by atoms with Gasteiger partial charge in [-0.2, -0.15) is 23.4 Å². The molecule has 3 aromatic rings. The van der Waals surface area contributed by atoms with Crippen LogP contribution in [0.3, 0.4) is 0 Å². The zero-order valence-electron chi connectivity index (χ0n) is 16.1. The lowest BCUT2D eigenvalue weighted by Gasteiger charge is -2.18. The number of halogens is 3. The third-order valence-corrected chi connectivity index (χ3v) is 4.56. The van der Waals surface area contributed by atoms with E-state index in [9.17, 15) is 18.0 Å². The van der Waals surface area contributed by atoms with Gasteiger partial charge < -0.3 is 5.32 Å². The molecule has 7 nitrogen and oxygen atoms in total. The van der Waals surface area contributed by atoms with Crippen LogP contribution in [0.15, 0.2) is 83.1 Å². The van der Waals surface area contributed by atoms with Crippen LogP contribution in [0, 0.1) is 0 Å². The Hall–Kier alpha value is -3.82. The second kappa shape index (κ2) is 8.50. The summed E-state index contributed by atoms with van der Waals surface area (Å²) in [4.78, 5) is 16.1. The number of hydrogen-bond acceptors (Lipinski definition) is 5. The van der Waals surface area contributed by atoms with Crippen LogP contribution in [0.25, 0.3) is 11.3 Å². The lowest BCUT2D eigenvalue weighted by molar-refractivity contribution is -0.145. The molecule has 3 heterocycles. The first kappa shape index (κ1) is 20.5. The molecular weight excluding hydrogens is 409 g/mol. The van der Waals surface area contributed by atoms with Crippen molar-refractivity contribution in [2.24, 2.45) is 10.2 Å². The van der Waals surface area contributed by atoms with Gasteiger partial charge in [0, 0.05) is 24.4 Å². The Kier molecular flexibility index (Phi) is 5.61. The van der Waals surface area contributed by atoms with Crippen LogP contribution in [-0.4, -0.2) is 20.7 Å². The molecule has 4 rings (SSSR count). The van der Waals surface area contributed by atoms with E-state index in [1.165, 1.54) is 18.5 Å². The molecule has 1 aliphatic rings. The molecule has 158 valence electrons. The normalized spacial score (nSPS) is 16.1. The average Bonchev–Trinajstić information content (AvgIpc) is 3.22. The standard InChI is InChI=1S/C21H17F3N6O/c22-21(23,24)17-12-16(15-7-4-10-25-13-15)29-30(17)19-9-8-18(27-28-19)26-20(31)11-14-5-2-1-3-6-14/h1-8,10,12-13,19H,9,11H2,(H,26,31).